The summed E-state index contributed by atoms with van der Waals surface area (Å²) >= 11 is 0. The zero-order valence-corrected chi connectivity index (χ0v) is 10.4. The van der Waals surface area contributed by atoms with Gasteiger partial charge in [0.15, 0.2) is 0 Å². The van der Waals surface area contributed by atoms with Crippen molar-refractivity contribution in [3.05, 3.63) is 71.8 Å². The van der Waals surface area contributed by atoms with E-state index in [0.29, 0.717) is 0 Å². The number of nitrogens with zero attached hydrogens (tertiary/aromatic N) is 1. The topological polar surface area (TPSA) is 35.8 Å². The van der Waals surface area contributed by atoms with Gasteiger partial charge in [-0.25, -0.2) is 0 Å². The number of benzene rings is 2. The lowest BCUT2D eigenvalue weighted by Gasteiger charge is -2.18. The third-order valence-electron chi connectivity index (χ3n) is 2.98. The first-order valence-electron chi connectivity index (χ1n) is 6.07. The van der Waals surface area contributed by atoms with Crippen LogP contribution < -0.4 is 5.32 Å². The van der Waals surface area contributed by atoms with Gasteiger partial charge in [0.2, 0.25) is 0 Å². The molecule has 0 aromatic heterocycles. The minimum Gasteiger partial charge on any atom is -0.292 e. The van der Waals surface area contributed by atoms with Crippen LogP contribution in [-0.4, -0.2) is 0 Å². The Kier molecular flexibility index (Phi) is 4.11. The van der Waals surface area contributed by atoms with Crippen molar-refractivity contribution in [3.63, 3.8) is 0 Å². The van der Waals surface area contributed by atoms with Crippen molar-refractivity contribution in [2.45, 2.75) is 19.0 Å². The predicted octanol–water partition coefficient (Wildman–Crippen LogP) is 3.60. The molecule has 0 bridgehead atoms. The van der Waals surface area contributed by atoms with Crippen molar-refractivity contribution in [1.29, 1.82) is 5.26 Å². The van der Waals surface area contributed by atoms with E-state index < -0.39 is 0 Å². The molecule has 0 spiro atoms. The van der Waals surface area contributed by atoms with Gasteiger partial charge in [-0.05, 0) is 18.1 Å². The monoisotopic (exact) mass is 236 g/mol. The number of nitrogens with one attached hydrogen (secondary N) is 1. The smallest absolute Gasteiger partial charge is 0.121 e. The van der Waals surface area contributed by atoms with E-state index in [1.165, 1.54) is 5.56 Å². The molecule has 0 amide bonds. The Bertz CT molecular complexity index is 514. The molecule has 2 nitrogen and oxygen atoms in total. The molecular formula is C16H16N2. The number of hydrogen-bond acceptors (Lipinski definition) is 2. The molecule has 2 atom stereocenters. The van der Waals surface area contributed by atoms with Crippen molar-refractivity contribution >= 4 is 0 Å². The Balaban J connectivity index is 2.11. The summed E-state index contributed by atoms with van der Waals surface area (Å²) in [5.74, 6) is 0. The van der Waals surface area contributed by atoms with Crippen LogP contribution in [0.5, 0.6) is 0 Å². The predicted molar refractivity (Wildman–Crippen MR) is 72.8 cm³/mol. The van der Waals surface area contributed by atoms with Gasteiger partial charge in [-0.2, -0.15) is 5.26 Å². The quantitative estimate of drug-likeness (QED) is 0.880. The fourth-order valence-electron chi connectivity index (χ4n) is 1.94. The molecule has 1 N–H and O–H groups in total. The lowest BCUT2D eigenvalue weighted by molar-refractivity contribution is 0.533. The highest BCUT2D eigenvalue weighted by atomic mass is 14.9. The summed E-state index contributed by atoms with van der Waals surface area (Å²) in [5, 5.41) is 12.6. The van der Waals surface area contributed by atoms with E-state index in [4.69, 9.17) is 0 Å². The Morgan fingerprint density at radius 3 is 1.89 bits per heavy atom. The highest BCUT2D eigenvalue weighted by Crippen LogP contribution is 2.18. The largest absolute Gasteiger partial charge is 0.292 e. The van der Waals surface area contributed by atoms with Gasteiger partial charge in [-0.1, -0.05) is 60.7 Å². The summed E-state index contributed by atoms with van der Waals surface area (Å²) in [4.78, 5) is 0. The van der Waals surface area contributed by atoms with Crippen molar-refractivity contribution in [3.8, 4) is 6.07 Å². The molecule has 0 fully saturated rings. The van der Waals surface area contributed by atoms with E-state index in [1.807, 2.05) is 48.5 Å². The molecule has 0 saturated heterocycles. The number of rotatable bonds is 4. The minimum atomic E-state index is -0.276. The molecule has 0 radical (unpaired) electrons. The first-order valence-corrected chi connectivity index (χ1v) is 6.07. The van der Waals surface area contributed by atoms with Gasteiger partial charge in [0.25, 0.3) is 0 Å². The summed E-state index contributed by atoms with van der Waals surface area (Å²) < 4.78 is 0. The Morgan fingerprint density at radius 1 is 0.889 bits per heavy atom. The van der Waals surface area contributed by atoms with Gasteiger partial charge < -0.3 is 0 Å². The van der Waals surface area contributed by atoms with Crippen LogP contribution in [0.4, 0.5) is 0 Å². The first-order chi connectivity index (χ1) is 8.81. The third-order valence-corrected chi connectivity index (χ3v) is 2.98. The van der Waals surface area contributed by atoms with Crippen LogP contribution >= 0.6 is 0 Å². The van der Waals surface area contributed by atoms with Crippen LogP contribution in [0.15, 0.2) is 60.7 Å². The normalized spacial score (nSPS) is 13.6. The molecule has 2 aromatic rings. The molecule has 18 heavy (non-hydrogen) atoms. The summed E-state index contributed by atoms with van der Waals surface area (Å²) in [6.45, 7) is 2.07. The molecule has 0 aliphatic rings. The van der Waals surface area contributed by atoms with E-state index in [9.17, 15) is 5.26 Å². The van der Waals surface area contributed by atoms with Crippen LogP contribution in [-0.2, 0) is 0 Å². The molecule has 2 aromatic carbocycles. The summed E-state index contributed by atoms with van der Waals surface area (Å²) in [5.41, 5.74) is 2.19. The fourth-order valence-corrected chi connectivity index (χ4v) is 1.94. The minimum absolute atomic E-state index is 0.149. The maximum Gasteiger partial charge on any atom is 0.121 e. The van der Waals surface area contributed by atoms with Gasteiger partial charge in [-0.15, -0.1) is 0 Å². The fraction of sp³-hybridized carbons (Fsp3) is 0.188. The Labute approximate surface area is 108 Å². The molecular weight excluding hydrogens is 220 g/mol. The first kappa shape index (κ1) is 12.3. The zero-order valence-electron chi connectivity index (χ0n) is 10.4. The lowest BCUT2D eigenvalue weighted by atomic mass is 10.0. The van der Waals surface area contributed by atoms with Gasteiger partial charge in [0, 0.05) is 6.04 Å². The number of hydrogen-bond donors (Lipinski definition) is 1. The summed E-state index contributed by atoms with van der Waals surface area (Å²) in [7, 11) is 0. The third kappa shape index (κ3) is 2.97. The molecule has 2 rings (SSSR count). The average Bonchev–Trinajstić information content (AvgIpc) is 2.46. The Hall–Kier alpha value is -2.11. The second-order valence-corrected chi connectivity index (χ2v) is 4.27. The van der Waals surface area contributed by atoms with E-state index in [-0.39, 0.29) is 12.1 Å². The molecule has 0 aliphatic carbocycles. The van der Waals surface area contributed by atoms with Gasteiger partial charge in [0.05, 0.1) is 6.07 Å². The molecule has 0 aliphatic heterocycles. The van der Waals surface area contributed by atoms with E-state index in [1.54, 1.807) is 0 Å². The van der Waals surface area contributed by atoms with Gasteiger partial charge >= 0.3 is 0 Å². The Morgan fingerprint density at radius 2 is 1.39 bits per heavy atom. The average molecular weight is 236 g/mol. The molecule has 0 heterocycles. The SMILES string of the molecule is C[C@H](N[C@H](C#N)c1ccccc1)c1ccccc1. The molecule has 0 saturated carbocycles. The van der Waals surface area contributed by atoms with Gasteiger partial charge in [0.1, 0.15) is 6.04 Å². The standard InChI is InChI=1S/C16H16N2/c1-13(14-8-4-2-5-9-14)18-16(12-17)15-10-6-3-7-11-15/h2-11,13,16,18H,1H3/t13-,16+/m0/s1. The van der Waals surface area contributed by atoms with Crippen LogP contribution in [0, 0.1) is 11.3 Å². The van der Waals surface area contributed by atoms with E-state index in [2.05, 4.69) is 30.4 Å². The maximum atomic E-state index is 9.26. The molecule has 2 heteroatoms. The van der Waals surface area contributed by atoms with Crippen LogP contribution in [0.1, 0.15) is 30.1 Å². The van der Waals surface area contributed by atoms with Crippen molar-refractivity contribution in [2.24, 2.45) is 0 Å². The van der Waals surface area contributed by atoms with E-state index in [0.717, 1.165) is 5.56 Å². The second-order valence-electron chi connectivity index (χ2n) is 4.27. The van der Waals surface area contributed by atoms with Crippen LogP contribution in [0.2, 0.25) is 0 Å². The number of nitriles is 1. The van der Waals surface area contributed by atoms with Crippen molar-refractivity contribution in [2.75, 3.05) is 0 Å². The zero-order chi connectivity index (χ0) is 12.8. The molecule has 90 valence electrons. The lowest BCUT2D eigenvalue weighted by Crippen LogP contribution is -2.23. The summed E-state index contributed by atoms with van der Waals surface area (Å²) in [6.07, 6.45) is 0. The highest BCUT2D eigenvalue weighted by Gasteiger charge is 2.13. The van der Waals surface area contributed by atoms with Crippen LogP contribution in [0.25, 0.3) is 0 Å². The van der Waals surface area contributed by atoms with E-state index >= 15 is 0 Å². The highest BCUT2D eigenvalue weighted by molar-refractivity contribution is 5.25. The maximum absolute atomic E-state index is 9.26. The van der Waals surface area contributed by atoms with Crippen molar-refractivity contribution < 1.29 is 0 Å². The summed E-state index contributed by atoms with van der Waals surface area (Å²) in [6, 6.07) is 22.1. The van der Waals surface area contributed by atoms with Crippen molar-refractivity contribution in [1.82, 2.24) is 5.32 Å². The second kappa shape index (κ2) is 6.00. The van der Waals surface area contributed by atoms with Gasteiger partial charge in [-0.3, -0.25) is 5.32 Å². The van der Waals surface area contributed by atoms with Crippen LogP contribution in [0.3, 0.4) is 0 Å². The molecule has 0 unspecified atom stereocenters.